The monoisotopic (exact) mass is 959 g/mol. The van der Waals surface area contributed by atoms with Crippen molar-refractivity contribution in [3.63, 3.8) is 0 Å². The Hall–Kier alpha value is -9.62. The van der Waals surface area contributed by atoms with Crippen LogP contribution in [0.15, 0.2) is 249 Å². The predicted octanol–water partition coefficient (Wildman–Crippen LogP) is 18.3. The first-order valence-electron chi connectivity index (χ1n) is 25.1. The minimum Gasteiger partial charge on any atom is -0.309 e. The highest BCUT2D eigenvalue weighted by Crippen LogP contribution is 2.46. The van der Waals surface area contributed by atoms with Gasteiger partial charge >= 0.3 is 0 Å². The summed E-state index contributed by atoms with van der Waals surface area (Å²) < 4.78 is 8.16. The van der Waals surface area contributed by atoms with Crippen LogP contribution in [0.1, 0.15) is 0 Å². The summed E-state index contributed by atoms with van der Waals surface area (Å²) in [5.74, 6) is 0.638. The molecule has 0 fully saturated rings. The van der Waals surface area contributed by atoms with Crippen LogP contribution in [-0.2, 0) is 0 Å². The summed E-state index contributed by atoms with van der Waals surface area (Å²) in [5.41, 5.74) is 15.5. The average Bonchev–Trinajstić information content (AvgIpc) is 4.24. The van der Waals surface area contributed by atoms with E-state index in [1.165, 1.54) is 70.6 Å². The summed E-state index contributed by atoms with van der Waals surface area (Å²) in [6.45, 7) is 0. The van der Waals surface area contributed by atoms with Gasteiger partial charge < -0.3 is 9.13 Å². The first kappa shape index (κ1) is 41.0. The average molecular weight is 960 g/mol. The number of thiophene rings is 1. The number of benzene rings is 11. The van der Waals surface area contributed by atoms with Crippen LogP contribution in [0.2, 0.25) is 0 Å². The molecule has 0 aliphatic rings. The molecule has 0 spiro atoms. The van der Waals surface area contributed by atoms with Gasteiger partial charge in [-0.2, -0.15) is 0 Å². The smallest absolute Gasteiger partial charge is 0.235 e. The van der Waals surface area contributed by atoms with Gasteiger partial charge in [-0.25, -0.2) is 9.97 Å². The predicted molar refractivity (Wildman–Crippen MR) is 312 cm³/mol. The van der Waals surface area contributed by atoms with Crippen molar-refractivity contribution >= 4 is 109 Å². The molecule has 0 amide bonds. The Morgan fingerprint density at radius 1 is 0.311 bits per heavy atom. The van der Waals surface area contributed by atoms with E-state index in [1.54, 1.807) is 11.3 Å². The van der Waals surface area contributed by atoms with Gasteiger partial charge in [-0.15, -0.1) is 11.3 Å². The van der Waals surface area contributed by atoms with Gasteiger partial charge in [0.25, 0.3) is 0 Å². The van der Waals surface area contributed by atoms with Crippen molar-refractivity contribution in [1.29, 1.82) is 0 Å². The lowest BCUT2D eigenvalue weighted by Gasteiger charge is -2.11. The number of aromatic nitrogens is 5. The second kappa shape index (κ2) is 15.9. The van der Waals surface area contributed by atoms with E-state index in [4.69, 9.17) is 9.97 Å². The van der Waals surface area contributed by atoms with Crippen molar-refractivity contribution in [2.45, 2.75) is 0 Å². The summed E-state index contributed by atoms with van der Waals surface area (Å²) in [4.78, 5) is 12.4. The second-order valence-electron chi connectivity index (χ2n) is 19.3. The molecule has 344 valence electrons. The number of para-hydroxylation sites is 3. The van der Waals surface area contributed by atoms with Crippen LogP contribution in [0.3, 0.4) is 0 Å². The van der Waals surface area contributed by atoms with Crippen molar-refractivity contribution in [1.82, 2.24) is 23.7 Å². The molecule has 0 saturated carbocycles. The Kier molecular flexibility index (Phi) is 8.84. The summed E-state index contributed by atoms with van der Waals surface area (Å²) in [6, 6.07) is 90.3. The van der Waals surface area contributed by atoms with E-state index in [1.807, 2.05) is 0 Å². The molecule has 0 saturated heterocycles. The lowest BCUT2D eigenvalue weighted by molar-refractivity contribution is 1.02. The van der Waals surface area contributed by atoms with E-state index < -0.39 is 0 Å². The number of hydrogen-bond donors (Lipinski definition) is 0. The van der Waals surface area contributed by atoms with Gasteiger partial charge in [0.15, 0.2) is 0 Å². The van der Waals surface area contributed by atoms with Crippen molar-refractivity contribution in [3.05, 3.63) is 249 Å². The van der Waals surface area contributed by atoms with Gasteiger partial charge in [-0.05, 0) is 117 Å². The normalized spacial score (nSPS) is 12.1. The second-order valence-corrected chi connectivity index (χ2v) is 20.3. The number of nitrogens with zero attached hydrogens (tertiary/aromatic N) is 5. The SMILES string of the molecule is c1ccc(-c2cc3nc(-n4c5ccc(-c6cccc7c6c6c8ccccc8ccc6n7-c6ccccc6)cc5c5c6ccccc6ccc54)nc(-c4ccc5c(c4)c4ccccc4n5-c4ccccc4)c3s2)cc1. The third-order valence-corrected chi connectivity index (χ3v) is 16.4. The maximum Gasteiger partial charge on any atom is 0.235 e. The molecule has 5 nitrogen and oxygen atoms in total. The molecular weight excluding hydrogens is 919 g/mol. The Balaban J connectivity index is 0.967. The van der Waals surface area contributed by atoms with Crippen LogP contribution in [0.4, 0.5) is 0 Å². The van der Waals surface area contributed by atoms with E-state index in [0.717, 1.165) is 70.8 Å². The van der Waals surface area contributed by atoms with E-state index in [-0.39, 0.29) is 0 Å². The van der Waals surface area contributed by atoms with Crippen molar-refractivity contribution < 1.29 is 0 Å². The van der Waals surface area contributed by atoms with Crippen molar-refractivity contribution in [2.24, 2.45) is 0 Å². The number of fused-ring (bicyclic) bond motifs is 14. The molecule has 5 aromatic heterocycles. The molecule has 0 radical (unpaired) electrons. The quantitative estimate of drug-likeness (QED) is 0.167. The third-order valence-electron chi connectivity index (χ3n) is 15.2. The van der Waals surface area contributed by atoms with Gasteiger partial charge in [0, 0.05) is 54.1 Å². The van der Waals surface area contributed by atoms with Crippen LogP contribution in [0.5, 0.6) is 0 Å². The van der Waals surface area contributed by atoms with Gasteiger partial charge in [0.1, 0.15) is 0 Å². The van der Waals surface area contributed by atoms with Gasteiger partial charge in [0.2, 0.25) is 5.95 Å². The fourth-order valence-corrected chi connectivity index (χ4v) is 13.1. The zero-order valence-corrected chi connectivity index (χ0v) is 40.6. The fourth-order valence-electron chi connectivity index (χ4n) is 12.0. The molecule has 5 heterocycles. The topological polar surface area (TPSA) is 40.6 Å². The van der Waals surface area contributed by atoms with Crippen LogP contribution in [0.25, 0.3) is 147 Å². The van der Waals surface area contributed by atoms with Crippen LogP contribution < -0.4 is 0 Å². The Morgan fingerprint density at radius 3 is 1.57 bits per heavy atom. The van der Waals surface area contributed by atoms with Crippen LogP contribution >= 0.6 is 11.3 Å². The molecule has 74 heavy (non-hydrogen) atoms. The van der Waals surface area contributed by atoms with Gasteiger partial charge in [-0.1, -0.05) is 170 Å². The molecule has 0 unspecified atom stereocenters. The lowest BCUT2D eigenvalue weighted by Crippen LogP contribution is -2.02. The highest BCUT2D eigenvalue weighted by molar-refractivity contribution is 7.22. The molecule has 6 heteroatoms. The zero-order chi connectivity index (χ0) is 48.4. The van der Waals surface area contributed by atoms with Crippen molar-refractivity contribution in [2.75, 3.05) is 0 Å². The van der Waals surface area contributed by atoms with Gasteiger partial charge in [0.05, 0.1) is 49.0 Å². The summed E-state index contributed by atoms with van der Waals surface area (Å²) >= 11 is 1.76. The Labute approximate surface area is 428 Å². The number of hydrogen-bond acceptors (Lipinski definition) is 3. The van der Waals surface area contributed by atoms with E-state index in [0.29, 0.717) is 5.95 Å². The third kappa shape index (κ3) is 6.03. The largest absolute Gasteiger partial charge is 0.309 e. The maximum atomic E-state index is 5.72. The highest BCUT2D eigenvalue weighted by Gasteiger charge is 2.24. The molecule has 0 aliphatic carbocycles. The minimum absolute atomic E-state index is 0.638. The molecule has 0 atom stereocenters. The minimum atomic E-state index is 0.638. The first-order valence-corrected chi connectivity index (χ1v) is 26.0. The fraction of sp³-hybridized carbons (Fsp3) is 0. The number of rotatable bonds is 6. The molecule has 0 aliphatic heterocycles. The first-order chi connectivity index (χ1) is 36.7. The van der Waals surface area contributed by atoms with E-state index in [2.05, 4.69) is 262 Å². The summed E-state index contributed by atoms with van der Waals surface area (Å²) in [6.07, 6.45) is 0. The molecular formula is C68H41N5S. The summed E-state index contributed by atoms with van der Waals surface area (Å²) in [5, 5.41) is 12.1. The standard InChI is InChI=1S/C68H41N5S/c1-4-19-44(20-5-1)62-41-55-67(74-62)66(46-34-36-57-53(40-46)52-27-14-15-29-56(52)71(57)47-21-6-2-7-22-47)70-68(69-55)73-58-35-33-45(39-54(58)63-49-25-12-10-17-42(49)31-37-60(63)73)51-28-16-30-59-65(51)64-50-26-13-11-18-43(50)32-38-61(64)72(59)48-23-8-3-9-24-48/h1-41H. The van der Waals surface area contributed by atoms with Crippen LogP contribution in [0, 0.1) is 0 Å². The van der Waals surface area contributed by atoms with Crippen LogP contribution in [-0.4, -0.2) is 23.7 Å². The molecule has 0 bridgehead atoms. The Morgan fingerprint density at radius 2 is 0.838 bits per heavy atom. The molecule has 16 rings (SSSR count). The van der Waals surface area contributed by atoms with E-state index >= 15 is 0 Å². The Bertz CT molecular complexity index is 4950. The summed E-state index contributed by atoms with van der Waals surface area (Å²) in [7, 11) is 0. The maximum absolute atomic E-state index is 5.72. The zero-order valence-electron chi connectivity index (χ0n) is 39.8. The molecule has 11 aromatic carbocycles. The molecule has 16 aromatic rings. The van der Waals surface area contributed by atoms with Gasteiger partial charge in [-0.3, -0.25) is 4.57 Å². The highest BCUT2D eigenvalue weighted by atomic mass is 32.1. The van der Waals surface area contributed by atoms with E-state index in [9.17, 15) is 0 Å². The lowest BCUT2D eigenvalue weighted by atomic mass is 9.95. The van der Waals surface area contributed by atoms with Crippen molar-refractivity contribution in [3.8, 4) is 50.1 Å². The molecule has 0 N–H and O–H groups in total.